The lowest BCUT2D eigenvalue weighted by atomic mass is 10.3. The van der Waals surface area contributed by atoms with Crippen LogP contribution in [0.25, 0.3) is 11.0 Å². The van der Waals surface area contributed by atoms with Crippen LogP contribution >= 0.6 is 0 Å². The van der Waals surface area contributed by atoms with Crippen LogP contribution in [0.2, 0.25) is 0 Å². The molecule has 0 aliphatic carbocycles. The topological polar surface area (TPSA) is 63.9 Å². The maximum absolute atomic E-state index is 12.9. The zero-order valence-electron chi connectivity index (χ0n) is 8.33. The average Bonchev–Trinajstić information content (AvgIpc) is 2.62. The van der Waals surface area contributed by atoms with E-state index in [1.165, 1.54) is 12.1 Å². The minimum atomic E-state index is -0.292. The molecular weight excluding hydrogens is 197 g/mol. The highest BCUT2D eigenvalue weighted by atomic mass is 19.1. The van der Waals surface area contributed by atoms with Crippen LogP contribution in [-0.2, 0) is 4.74 Å². The van der Waals surface area contributed by atoms with Crippen molar-refractivity contribution in [1.29, 1.82) is 0 Å². The summed E-state index contributed by atoms with van der Waals surface area (Å²) in [5.74, 6) is 0.333. The third-order valence-electron chi connectivity index (χ3n) is 2.27. The first-order chi connectivity index (χ1) is 7.24. The van der Waals surface area contributed by atoms with E-state index in [0.29, 0.717) is 23.4 Å². The van der Waals surface area contributed by atoms with Crippen LogP contribution in [0.4, 0.5) is 4.39 Å². The molecule has 1 aromatic heterocycles. The van der Waals surface area contributed by atoms with Gasteiger partial charge in [-0.15, -0.1) is 0 Å². The Kier molecular flexibility index (Phi) is 2.66. The molecule has 15 heavy (non-hydrogen) atoms. The number of hydrogen-bond donors (Lipinski definition) is 2. The minimum absolute atomic E-state index is 0.277. The molecule has 2 aromatic rings. The third kappa shape index (κ3) is 1.84. The van der Waals surface area contributed by atoms with Gasteiger partial charge in [-0.1, -0.05) is 0 Å². The van der Waals surface area contributed by atoms with Gasteiger partial charge in [-0.05, 0) is 18.2 Å². The zero-order chi connectivity index (χ0) is 10.8. The predicted octanol–water partition coefficient (Wildman–Crippen LogP) is 1.35. The second-order valence-corrected chi connectivity index (χ2v) is 3.24. The largest absolute Gasteiger partial charge is 0.372 e. The first-order valence-corrected chi connectivity index (χ1v) is 4.62. The molecule has 1 atom stereocenters. The number of nitrogens with two attached hydrogens (primary N) is 1. The van der Waals surface area contributed by atoms with E-state index in [-0.39, 0.29) is 11.9 Å². The summed E-state index contributed by atoms with van der Waals surface area (Å²) >= 11 is 0. The molecule has 1 unspecified atom stereocenters. The quantitative estimate of drug-likeness (QED) is 0.802. The summed E-state index contributed by atoms with van der Waals surface area (Å²) in [6.07, 6.45) is -0.277. The SMILES string of the molecule is COC(CN)c1nc2ccc(F)cc2[nH]1. The Hall–Kier alpha value is -1.46. The summed E-state index contributed by atoms with van der Waals surface area (Å²) in [6, 6.07) is 4.39. The molecule has 0 spiro atoms. The number of nitrogens with zero attached hydrogens (tertiary/aromatic N) is 1. The first kappa shape index (κ1) is 10.1. The Labute approximate surface area is 86.3 Å². The van der Waals surface area contributed by atoms with Gasteiger partial charge in [-0.3, -0.25) is 0 Å². The predicted molar refractivity (Wildman–Crippen MR) is 54.9 cm³/mol. The Morgan fingerprint density at radius 1 is 1.60 bits per heavy atom. The molecule has 0 fully saturated rings. The van der Waals surface area contributed by atoms with Crippen molar-refractivity contribution in [2.75, 3.05) is 13.7 Å². The van der Waals surface area contributed by atoms with Crippen LogP contribution in [0, 0.1) is 5.82 Å². The van der Waals surface area contributed by atoms with E-state index in [4.69, 9.17) is 10.5 Å². The lowest BCUT2D eigenvalue weighted by molar-refractivity contribution is 0.104. The number of imidazole rings is 1. The number of benzene rings is 1. The molecule has 0 amide bonds. The maximum atomic E-state index is 12.9. The number of H-pyrrole nitrogens is 1. The van der Waals surface area contributed by atoms with E-state index in [1.807, 2.05) is 0 Å². The van der Waals surface area contributed by atoms with Gasteiger partial charge in [0.25, 0.3) is 0 Å². The number of hydrogen-bond acceptors (Lipinski definition) is 3. The van der Waals surface area contributed by atoms with Crippen molar-refractivity contribution in [3.8, 4) is 0 Å². The molecular formula is C10H12FN3O. The van der Waals surface area contributed by atoms with Gasteiger partial charge in [0.05, 0.1) is 11.0 Å². The summed E-state index contributed by atoms with van der Waals surface area (Å²) in [4.78, 5) is 7.25. The van der Waals surface area contributed by atoms with Gasteiger partial charge in [-0.25, -0.2) is 9.37 Å². The van der Waals surface area contributed by atoms with Crippen molar-refractivity contribution >= 4 is 11.0 Å². The number of methoxy groups -OCH3 is 1. The number of ether oxygens (including phenoxy) is 1. The lowest BCUT2D eigenvalue weighted by Gasteiger charge is -2.08. The summed E-state index contributed by atoms with van der Waals surface area (Å²) in [7, 11) is 1.56. The van der Waals surface area contributed by atoms with Crippen LogP contribution in [0.1, 0.15) is 11.9 Å². The van der Waals surface area contributed by atoms with Crippen molar-refractivity contribution in [2.45, 2.75) is 6.10 Å². The van der Waals surface area contributed by atoms with Crippen molar-refractivity contribution in [3.63, 3.8) is 0 Å². The van der Waals surface area contributed by atoms with E-state index in [2.05, 4.69) is 9.97 Å². The number of nitrogens with one attached hydrogen (secondary N) is 1. The maximum Gasteiger partial charge on any atom is 0.137 e. The van der Waals surface area contributed by atoms with Crippen LogP contribution in [-0.4, -0.2) is 23.6 Å². The second-order valence-electron chi connectivity index (χ2n) is 3.24. The van der Waals surface area contributed by atoms with E-state index < -0.39 is 0 Å². The number of fused-ring (bicyclic) bond motifs is 1. The van der Waals surface area contributed by atoms with Gasteiger partial charge >= 0.3 is 0 Å². The van der Waals surface area contributed by atoms with E-state index >= 15 is 0 Å². The van der Waals surface area contributed by atoms with Gasteiger partial charge in [0.15, 0.2) is 0 Å². The Balaban J connectivity index is 2.46. The van der Waals surface area contributed by atoms with Crippen molar-refractivity contribution in [1.82, 2.24) is 9.97 Å². The Morgan fingerprint density at radius 2 is 2.40 bits per heavy atom. The fraction of sp³-hybridized carbons (Fsp3) is 0.300. The molecule has 80 valence electrons. The van der Waals surface area contributed by atoms with Crippen molar-refractivity contribution in [3.05, 3.63) is 29.8 Å². The molecule has 1 heterocycles. The van der Waals surface area contributed by atoms with Crippen LogP contribution < -0.4 is 5.73 Å². The molecule has 4 nitrogen and oxygen atoms in total. The molecule has 0 aliphatic heterocycles. The molecule has 0 aliphatic rings. The highest BCUT2D eigenvalue weighted by Crippen LogP contribution is 2.18. The summed E-state index contributed by atoms with van der Waals surface area (Å²) in [6.45, 7) is 0.332. The molecule has 1 aromatic carbocycles. The summed E-state index contributed by atoms with van der Waals surface area (Å²) in [5.41, 5.74) is 6.87. The van der Waals surface area contributed by atoms with Gasteiger partial charge in [0, 0.05) is 13.7 Å². The zero-order valence-corrected chi connectivity index (χ0v) is 8.33. The van der Waals surface area contributed by atoms with Gasteiger partial charge in [0.1, 0.15) is 17.7 Å². The number of aromatic nitrogens is 2. The number of rotatable bonds is 3. The van der Waals surface area contributed by atoms with E-state index in [9.17, 15) is 4.39 Å². The van der Waals surface area contributed by atoms with Crippen LogP contribution in [0.15, 0.2) is 18.2 Å². The average molecular weight is 209 g/mol. The second kappa shape index (κ2) is 3.96. The Morgan fingerprint density at radius 3 is 3.07 bits per heavy atom. The molecule has 3 N–H and O–H groups in total. The van der Waals surface area contributed by atoms with Gasteiger partial charge in [-0.2, -0.15) is 0 Å². The van der Waals surface area contributed by atoms with Crippen molar-refractivity contribution < 1.29 is 9.13 Å². The van der Waals surface area contributed by atoms with Crippen LogP contribution in [0.3, 0.4) is 0 Å². The van der Waals surface area contributed by atoms with E-state index in [0.717, 1.165) is 0 Å². The van der Waals surface area contributed by atoms with Crippen LogP contribution in [0.5, 0.6) is 0 Å². The van der Waals surface area contributed by atoms with E-state index in [1.54, 1.807) is 13.2 Å². The lowest BCUT2D eigenvalue weighted by Crippen LogP contribution is -2.15. The molecule has 0 saturated heterocycles. The highest BCUT2D eigenvalue weighted by molar-refractivity contribution is 5.75. The number of aromatic amines is 1. The normalized spacial score (nSPS) is 13.3. The fourth-order valence-corrected chi connectivity index (χ4v) is 1.47. The minimum Gasteiger partial charge on any atom is -0.372 e. The van der Waals surface area contributed by atoms with Gasteiger partial charge < -0.3 is 15.5 Å². The summed E-state index contributed by atoms with van der Waals surface area (Å²) in [5, 5.41) is 0. The highest BCUT2D eigenvalue weighted by Gasteiger charge is 2.13. The molecule has 0 bridgehead atoms. The molecule has 0 radical (unpaired) electrons. The molecule has 0 saturated carbocycles. The Bertz CT molecular complexity index is 465. The monoisotopic (exact) mass is 209 g/mol. The number of halogens is 1. The molecule has 5 heteroatoms. The molecule has 2 rings (SSSR count). The fourth-order valence-electron chi connectivity index (χ4n) is 1.47. The first-order valence-electron chi connectivity index (χ1n) is 4.62. The standard InChI is InChI=1S/C10H12FN3O/c1-15-9(5-12)10-13-7-3-2-6(11)4-8(7)14-10/h2-4,9H,5,12H2,1H3,(H,13,14). The van der Waals surface area contributed by atoms with Gasteiger partial charge in [0.2, 0.25) is 0 Å². The smallest absolute Gasteiger partial charge is 0.137 e. The van der Waals surface area contributed by atoms with Crippen molar-refractivity contribution in [2.24, 2.45) is 5.73 Å². The summed E-state index contributed by atoms with van der Waals surface area (Å²) < 4.78 is 18.0. The third-order valence-corrected chi connectivity index (χ3v) is 2.27.